The molecule has 0 spiro atoms. The van der Waals surface area contributed by atoms with Gasteiger partial charge in [0.1, 0.15) is 12.5 Å². The lowest BCUT2D eigenvalue weighted by Crippen LogP contribution is -2.27. The van der Waals surface area contributed by atoms with Gasteiger partial charge in [0.15, 0.2) is 0 Å². The first-order valence-electron chi connectivity index (χ1n) is 5.24. The average molecular weight is 223 g/mol. The molecule has 1 saturated carbocycles. The summed E-state index contributed by atoms with van der Waals surface area (Å²) >= 11 is 0. The Morgan fingerprint density at radius 1 is 1.50 bits per heavy atom. The molecule has 1 aromatic rings. The molecular weight excluding hydrogens is 209 g/mol. The van der Waals surface area contributed by atoms with Crippen LogP contribution < -0.4 is 5.32 Å². The first-order valence-corrected chi connectivity index (χ1v) is 5.24. The van der Waals surface area contributed by atoms with E-state index in [9.17, 15) is 9.18 Å². The molecule has 0 heterocycles. The van der Waals surface area contributed by atoms with E-state index in [1.54, 1.807) is 12.1 Å². The minimum atomic E-state index is -0.246. The quantitative estimate of drug-likeness (QED) is 0.788. The second kappa shape index (κ2) is 4.61. The Morgan fingerprint density at radius 2 is 2.19 bits per heavy atom. The van der Waals surface area contributed by atoms with Crippen LogP contribution in [0.25, 0.3) is 0 Å². The molecule has 1 aliphatic rings. The van der Waals surface area contributed by atoms with Gasteiger partial charge in [0, 0.05) is 13.0 Å². The topological polar surface area (TPSA) is 38.3 Å². The lowest BCUT2D eigenvalue weighted by Gasteiger charge is -2.03. The van der Waals surface area contributed by atoms with Gasteiger partial charge in [-0.15, -0.1) is 0 Å². The summed E-state index contributed by atoms with van der Waals surface area (Å²) in [6, 6.07) is 6.34. The molecule has 0 radical (unpaired) electrons. The number of halogens is 1. The lowest BCUT2D eigenvalue weighted by atomic mass is 10.1. The smallest absolute Gasteiger partial charge is 0.225 e. The predicted octanol–water partition coefficient (Wildman–Crippen LogP) is 1.65. The van der Waals surface area contributed by atoms with Crippen molar-refractivity contribution in [1.29, 1.82) is 0 Å². The molecule has 2 unspecified atom stereocenters. The molecule has 2 rings (SSSR count). The van der Waals surface area contributed by atoms with E-state index in [2.05, 4.69) is 5.32 Å². The summed E-state index contributed by atoms with van der Waals surface area (Å²) in [4.78, 5) is 11.5. The van der Waals surface area contributed by atoms with E-state index in [1.807, 2.05) is 0 Å². The number of rotatable bonds is 4. The van der Waals surface area contributed by atoms with Gasteiger partial charge in [0.05, 0.1) is 0 Å². The monoisotopic (exact) mass is 223 g/mol. The average Bonchev–Trinajstić information content (AvgIpc) is 3.07. The highest BCUT2D eigenvalue weighted by molar-refractivity contribution is 5.82. The van der Waals surface area contributed by atoms with E-state index >= 15 is 0 Å². The Morgan fingerprint density at radius 3 is 2.81 bits per heavy atom. The van der Waals surface area contributed by atoms with Crippen LogP contribution in [-0.4, -0.2) is 19.7 Å². The van der Waals surface area contributed by atoms with Gasteiger partial charge < -0.3 is 10.1 Å². The van der Waals surface area contributed by atoms with Crippen LogP contribution in [0.15, 0.2) is 24.3 Å². The number of amides is 1. The summed E-state index contributed by atoms with van der Waals surface area (Å²) in [5.74, 6) is 0.0130. The third-order valence-electron chi connectivity index (χ3n) is 2.82. The van der Waals surface area contributed by atoms with Crippen molar-refractivity contribution in [2.45, 2.75) is 12.3 Å². The van der Waals surface area contributed by atoms with Gasteiger partial charge in [0.25, 0.3) is 0 Å². The molecular formula is C12H14FNO2. The molecule has 1 aliphatic carbocycles. The number of hydrogen-bond acceptors (Lipinski definition) is 2. The van der Waals surface area contributed by atoms with Gasteiger partial charge in [-0.1, -0.05) is 12.1 Å². The molecule has 3 nitrogen and oxygen atoms in total. The van der Waals surface area contributed by atoms with Crippen molar-refractivity contribution in [3.63, 3.8) is 0 Å². The predicted molar refractivity (Wildman–Crippen MR) is 57.3 cm³/mol. The van der Waals surface area contributed by atoms with Crippen molar-refractivity contribution in [2.75, 3.05) is 13.8 Å². The molecule has 1 N–H and O–H groups in total. The van der Waals surface area contributed by atoms with E-state index in [1.165, 1.54) is 19.2 Å². The van der Waals surface area contributed by atoms with E-state index < -0.39 is 0 Å². The highest BCUT2D eigenvalue weighted by Gasteiger charge is 2.43. The minimum Gasteiger partial charge on any atom is -0.364 e. The van der Waals surface area contributed by atoms with Gasteiger partial charge in [-0.05, 0) is 30.0 Å². The van der Waals surface area contributed by atoms with E-state index in [0.717, 1.165) is 12.0 Å². The van der Waals surface area contributed by atoms with Crippen LogP contribution in [-0.2, 0) is 9.53 Å². The molecule has 16 heavy (non-hydrogen) atoms. The van der Waals surface area contributed by atoms with Crippen LogP contribution in [0.4, 0.5) is 4.39 Å². The molecule has 4 heteroatoms. The summed E-state index contributed by atoms with van der Waals surface area (Å²) in [6.07, 6.45) is 0.835. The van der Waals surface area contributed by atoms with Crippen LogP contribution in [0.3, 0.4) is 0 Å². The van der Waals surface area contributed by atoms with Crippen LogP contribution in [0.1, 0.15) is 17.9 Å². The zero-order chi connectivity index (χ0) is 11.5. The second-order valence-corrected chi connectivity index (χ2v) is 3.97. The van der Waals surface area contributed by atoms with E-state index in [0.29, 0.717) is 0 Å². The number of benzene rings is 1. The standard InChI is InChI=1S/C12H14FNO2/c1-16-7-14-12(15)11-6-10(11)8-2-4-9(13)5-3-8/h2-5,10-11H,6-7H2,1H3,(H,14,15). The number of methoxy groups -OCH3 is 1. The fraction of sp³-hybridized carbons (Fsp3) is 0.417. The summed E-state index contributed by atoms with van der Waals surface area (Å²) in [7, 11) is 1.53. The maximum absolute atomic E-state index is 12.7. The van der Waals surface area contributed by atoms with Gasteiger partial charge >= 0.3 is 0 Å². The fourth-order valence-corrected chi connectivity index (χ4v) is 1.84. The minimum absolute atomic E-state index is 0.0103. The normalized spacial score (nSPS) is 22.9. The van der Waals surface area contributed by atoms with E-state index in [-0.39, 0.29) is 30.3 Å². The number of carbonyl (C=O) groups excluding carboxylic acids is 1. The van der Waals surface area contributed by atoms with Crippen LogP contribution >= 0.6 is 0 Å². The van der Waals surface area contributed by atoms with Gasteiger partial charge in [-0.2, -0.15) is 0 Å². The number of carbonyl (C=O) groups is 1. The van der Waals surface area contributed by atoms with Crippen molar-refractivity contribution < 1.29 is 13.9 Å². The molecule has 2 atom stereocenters. The zero-order valence-electron chi connectivity index (χ0n) is 9.07. The number of ether oxygens (including phenoxy) is 1. The Bertz CT molecular complexity index is 377. The summed E-state index contributed by atoms with van der Waals surface area (Å²) in [6.45, 7) is 0.242. The molecule has 86 valence electrons. The van der Waals surface area contributed by atoms with Crippen LogP contribution in [0, 0.1) is 11.7 Å². The number of hydrogen-bond donors (Lipinski definition) is 1. The SMILES string of the molecule is COCNC(=O)C1CC1c1ccc(F)cc1. The Kier molecular flexibility index (Phi) is 3.19. The summed E-state index contributed by atoms with van der Waals surface area (Å²) < 4.78 is 17.5. The summed E-state index contributed by atoms with van der Waals surface area (Å²) in [5.41, 5.74) is 1.03. The van der Waals surface area contributed by atoms with Crippen LogP contribution in [0.2, 0.25) is 0 Å². The highest BCUT2D eigenvalue weighted by atomic mass is 19.1. The Hall–Kier alpha value is -1.42. The van der Waals surface area contributed by atoms with Crippen molar-refractivity contribution in [2.24, 2.45) is 5.92 Å². The van der Waals surface area contributed by atoms with Crippen molar-refractivity contribution in [3.8, 4) is 0 Å². The van der Waals surface area contributed by atoms with Gasteiger partial charge in [0.2, 0.25) is 5.91 Å². The Balaban J connectivity index is 1.91. The second-order valence-electron chi connectivity index (χ2n) is 3.97. The molecule has 1 fully saturated rings. The van der Waals surface area contributed by atoms with Crippen LogP contribution in [0.5, 0.6) is 0 Å². The molecule has 1 aromatic carbocycles. The third-order valence-corrected chi connectivity index (χ3v) is 2.82. The van der Waals surface area contributed by atoms with Gasteiger partial charge in [-0.3, -0.25) is 4.79 Å². The van der Waals surface area contributed by atoms with E-state index in [4.69, 9.17) is 4.74 Å². The highest BCUT2D eigenvalue weighted by Crippen LogP contribution is 2.47. The lowest BCUT2D eigenvalue weighted by molar-refractivity contribution is -0.123. The Labute approximate surface area is 93.6 Å². The molecule has 0 saturated heterocycles. The molecule has 0 aliphatic heterocycles. The number of nitrogens with one attached hydrogen (secondary N) is 1. The maximum Gasteiger partial charge on any atom is 0.225 e. The first-order chi connectivity index (χ1) is 7.72. The fourth-order valence-electron chi connectivity index (χ4n) is 1.84. The van der Waals surface area contributed by atoms with Crippen molar-refractivity contribution in [1.82, 2.24) is 5.32 Å². The third kappa shape index (κ3) is 2.39. The maximum atomic E-state index is 12.7. The first kappa shape index (κ1) is 11.1. The van der Waals surface area contributed by atoms with Gasteiger partial charge in [-0.25, -0.2) is 4.39 Å². The van der Waals surface area contributed by atoms with Crippen molar-refractivity contribution >= 4 is 5.91 Å². The molecule has 0 aromatic heterocycles. The van der Waals surface area contributed by atoms with Crippen molar-refractivity contribution in [3.05, 3.63) is 35.6 Å². The molecule has 1 amide bonds. The molecule has 0 bridgehead atoms. The summed E-state index contributed by atoms with van der Waals surface area (Å²) in [5, 5.41) is 2.67. The largest absolute Gasteiger partial charge is 0.364 e. The zero-order valence-corrected chi connectivity index (χ0v) is 9.07.